The van der Waals surface area contributed by atoms with Crippen molar-refractivity contribution in [3.63, 3.8) is 0 Å². The highest BCUT2D eigenvalue weighted by molar-refractivity contribution is 6.30. The number of hydrogen-bond acceptors (Lipinski definition) is 5. The van der Waals surface area contributed by atoms with E-state index in [-0.39, 0.29) is 40.9 Å². The van der Waals surface area contributed by atoms with Crippen LogP contribution in [0.2, 0.25) is 5.02 Å². The summed E-state index contributed by atoms with van der Waals surface area (Å²) in [4.78, 5) is 39.5. The lowest BCUT2D eigenvalue weighted by atomic mass is 10.0. The number of carbonyl (C=O) groups is 2. The Bertz CT molecular complexity index is 1360. The van der Waals surface area contributed by atoms with Crippen molar-refractivity contribution < 1.29 is 19.1 Å². The number of rotatable bonds is 3. The topological polar surface area (TPSA) is 109 Å². The highest BCUT2D eigenvalue weighted by atomic mass is 35.5. The Balaban J connectivity index is 1.76. The summed E-state index contributed by atoms with van der Waals surface area (Å²) in [5, 5.41) is 18.1. The number of fused-ring (bicyclic) bond motifs is 3. The second-order valence-electron chi connectivity index (χ2n) is 8.10. The van der Waals surface area contributed by atoms with Crippen LogP contribution in [0.25, 0.3) is 10.9 Å². The third-order valence-electron chi connectivity index (χ3n) is 6.05. The van der Waals surface area contributed by atoms with E-state index in [0.717, 1.165) is 4.68 Å². The highest BCUT2D eigenvalue weighted by Crippen LogP contribution is 2.37. The SMILES string of the molecule is CN1CCn2c(c(O)c3c(=O)n(Cc4ccc(F)c(Cl)c4)nc(C4CNC(=O)C4)c32)C1=O. The van der Waals surface area contributed by atoms with E-state index in [0.29, 0.717) is 36.4 Å². The van der Waals surface area contributed by atoms with Crippen LogP contribution in [0.3, 0.4) is 0 Å². The van der Waals surface area contributed by atoms with Gasteiger partial charge in [-0.1, -0.05) is 17.7 Å². The number of hydrogen-bond donors (Lipinski definition) is 2. The van der Waals surface area contributed by atoms with Gasteiger partial charge in [-0.25, -0.2) is 9.07 Å². The van der Waals surface area contributed by atoms with Crippen molar-refractivity contribution in [1.82, 2.24) is 24.6 Å². The van der Waals surface area contributed by atoms with Gasteiger partial charge in [-0.15, -0.1) is 0 Å². The van der Waals surface area contributed by atoms with Crippen LogP contribution < -0.4 is 10.9 Å². The minimum atomic E-state index is -0.587. The molecule has 0 saturated carbocycles. The molecule has 9 nitrogen and oxygen atoms in total. The second-order valence-corrected chi connectivity index (χ2v) is 8.51. The Kier molecular flexibility index (Phi) is 4.70. The van der Waals surface area contributed by atoms with Crippen molar-refractivity contribution in [2.45, 2.75) is 25.4 Å². The van der Waals surface area contributed by atoms with Crippen molar-refractivity contribution in [1.29, 1.82) is 0 Å². The normalized spacial score (nSPS) is 18.3. The van der Waals surface area contributed by atoms with Crippen LogP contribution >= 0.6 is 11.6 Å². The Labute approximate surface area is 186 Å². The molecule has 0 bridgehead atoms. The van der Waals surface area contributed by atoms with Gasteiger partial charge in [-0.05, 0) is 17.7 Å². The summed E-state index contributed by atoms with van der Waals surface area (Å²) in [5.74, 6) is -1.84. The molecule has 11 heteroatoms. The van der Waals surface area contributed by atoms with E-state index < -0.39 is 23.0 Å². The van der Waals surface area contributed by atoms with E-state index in [1.165, 1.54) is 23.1 Å². The first-order valence-corrected chi connectivity index (χ1v) is 10.5. The van der Waals surface area contributed by atoms with Crippen LogP contribution in [0.5, 0.6) is 5.75 Å². The smallest absolute Gasteiger partial charge is 0.280 e. The summed E-state index contributed by atoms with van der Waals surface area (Å²) in [6.45, 7) is 1.10. The molecular formula is C21H19ClFN5O4. The molecule has 1 saturated heterocycles. The summed E-state index contributed by atoms with van der Waals surface area (Å²) in [7, 11) is 1.62. The van der Waals surface area contributed by atoms with Crippen molar-refractivity contribution in [2.24, 2.45) is 0 Å². The van der Waals surface area contributed by atoms with Crippen LogP contribution in [0.15, 0.2) is 23.0 Å². The molecule has 0 aliphatic carbocycles. The molecule has 1 fully saturated rings. The molecule has 166 valence electrons. The standard InChI is InChI=1S/C21H19ClFN5O4/c1-26-4-5-27-17-15(19(30)18(27)21(26)32)20(31)28(9-10-2-3-13(23)12(22)6-10)25-16(17)11-7-14(29)24-8-11/h2-3,6,11,30H,4-5,7-9H2,1H3,(H,24,29). The third-order valence-corrected chi connectivity index (χ3v) is 6.34. The van der Waals surface area contributed by atoms with E-state index in [4.69, 9.17) is 11.6 Å². The van der Waals surface area contributed by atoms with Crippen molar-refractivity contribution in [3.05, 3.63) is 56.3 Å². The summed E-state index contributed by atoms with van der Waals surface area (Å²) in [5.41, 5.74) is 0.810. The number of aromatic hydroxyl groups is 1. The van der Waals surface area contributed by atoms with Crippen LogP contribution in [-0.2, 0) is 17.9 Å². The van der Waals surface area contributed by atoms with Crippen molar-refractivity contribution >= 4 is 34.3 Å². The molecule has 0 radical (unpaired) electrons. The molecule has 2 N–H and O–H groups in total. The maximum Gasteiger partial charge on any atom is 0.280 e. The fourth-order valence-electron chi connectivity index (χ4n) is 4.39. The fourth-order valence-corrected chi connectivity index (χ4v) is 4.59. The van der Waals surface area contributed by atoms with Gasteiger partial charge in [0.15, 0.2) is 11.4 Å². The zero-order chi connectivity index (χ0) is 22.7. The number of amides is 2. The Morgan fingerprint density at radius 1 is 1.28 bits per heavy atom. The number of nitrogens with zero attached hydrogens (tertiary/aromatic N) is 4. The second kappa shape index (κ2) is 7.33. The third kappa shape index (κ3) is 3.05. The number of benzene rings is 1. The van der Waals surface area contributed by atoms with Crippen molar-refractivity contribution in [2.75, 3.05) is 20.1 Å². The molecule has 4 heterocycles. The first kappa shape index (κ1) is 20.5. The summed E-state index contributed by atoms with van der Waals surface area (Å²) < 4.78 is 16.3. The highest BCUT2D eigenvalue weighted by Gasteiger charge is 2.35. The number of nitrogens with one attached hydrogen (secondary N) is 1. The Morgan fingerprint density at radius 2 is 2.06 bits per heavy atom. The van der Waals surface area contributed by atoms with Crippen LogP contribution in [-0.4, -0.2) is 56.3 Å². The number of aromatic nitrogens is 3. The molecule has 32 heavy (non-hydrogen) atoms. The molecule has 2 aromatic heterocycles. The summed E-state index contributed by atoms with van der Waals surface area (Å²) >= 11 is 5.88. The number of likely N-dealkylation sites (N-methyl/N-ethyl adjacent to an activating group) is 1. The number of halogens is 2. The molecule has 1 unspecified atom stereocenters. The molecule has 2 amide bonds. The predicted molar refractivity (Wildman–Crippen MR) is 113 cm³/mol. The maximum atomic E-state index is 13.6. The van der Waals surface area contributed by atoms with Gasteiger partial charge in [-0.2, -0.15) is 5.10 Å². The van der Waals surface area contributed by atoms with Gasteiger partial charge in [0, 0.05) is 39.0 Å². The first-order valence-electron chi connectivity index (χ1n) is 10.1. The van der Waals surface area contributed by atoms with Gasteiger partial charge in [0.1, 0.15) is 11.2 Å². The van der Waals surface area contributed by atoms with Crippen LogP contribution in [0.4, 0.5) is 4.39 Å². The largest absolute Gasteiger partial charge is 0.505 e. The lowest BCUT2D eigenvalue weighted by Gasteiger charge is -2.25. The summed E-state index contributed by atoms with van der Waals surface area (Å²) in [6.07, 6.45) is 0.178. The zero-order valence-corrected chi connectivity index (χ0v) is 17.8. The van der Waals surface area contributed by atoms with E-state index >= 15 is 0 Å². The monoisotopic (exact) mass is 459 g/mol. The van der Waals surface area contributed by atoms with E-state index in [1.807, 2.05) is 0 Å². The average molecular weight is 460 g/mol. The molecule has 2 aliphatic heterocycles. The average Bonchev–Trinajstić information content (AvgIpc) is 3.31. The van der Waals surface area contributed by atoms with Crippen LogP contribution in [0.1, 0.15) is 34.1 Å². The van der Waals surface area contributed by atoms with Gasteiger partial charge in [0.05, 0.1) is 22.8 Å². The van der Waals surface area contributed by atoms with E-state index in [2.05, 4.69) is 10.4 Å². The number of carbonyl (C=O) groups excluding carboxylic acids is 2. The molecule has 3 aromatic rings. The minimum Gasteiger partial charge on any atom is -0.505 e. The first-order chi connectivity index (χ1) is 15.3. The van der Waals surface area contributed by atoms with E-state index in [9.17, 15) is 23.9 Å². The molecule has 5 rings (SSSR count). The summed E-state index contributed by atoms with van der Waals surface area (Å²) in [6, 6.07) is 4.09. The Morgan fingerprint density at radius 3 is 2.75 bits per heavy atom. The lowest BCUT2D eigenvalue weighted by molar-refractivity contribution is -0.119. The van der Waals surface area contributed by atoms with Gasteiger partial charge in [-0.3, -0.25) is 14.4 Å². The molecular weight excluding hydrogens is 441 g/mol. The molecule has 0 spiro atoms. The fraction of sp³-hybridized carbons (Fsp3) is 0.333. The van der Waals surface area contributed by atoms with Gasteiger partial charge in [0.2, 0.25) is 5.91 Å². The zero-order valence-electron chi connectivity index (χ0n) is 17.1. The van der Waals surface area contributed by atoms with Crippen molar-refractivity contribution in [3.8, 4) is 5.75 Å². The maximum absolute atomic E-state index is 13.6. The Hall–Kier alpha value is -3.40. The van der Waals surface area contributed by atoms with Gasteiger partial charge in [0.25, 0.3) is 11.5 Å². The van der Waals surface area contributed by atoms with Crippen LogP contribution in [0, 0.1) is 5.82 Å². The predicted octanol–water partition coefficient (Wildman–Crippen LogP) is 1.43. The quantitative estimate of drug-likeness (QED) is 0.616. The lowest BCUT2D eigenvalue weighted by Crippen LogP contribution is -2.37. The molecule has 1 aromatic carbocycles. The minimum absolute atomic E-state index is 0.0128. The van der Waals surface area contributed by atoms with Gasteiger partial charge < -0.3 is 19.9 Å². The molecule has 2 aliphatic rings. The van der Waals surface area contributed by atoms with Gasteiger partial charge >= 0.3 is 0 Å². The molecule has 1 atom stereocenters. The van der Waals surface area contributed by atoms with E-state index in [1.54, 1.807) is 11.6 Å².